The van der Waals surface area contributed by atoms with Crippen molar-refractivity contribution in [2.75, 3.05) is 6.54 Å². The highest BCUT2D eigenvalue weighted by Crippen LogP contribution is 2.41. The molecule has 1 aromatic carbocycles. The lowest BCUT2D eigenvalue weighted by atomic mass is 9.68. The fourth-order valence-corrected chi connectivity index (χ4v) is 3.37. The second kappa shape index (κ2) is 5.81. The molecule has 0 unspecified atom stereocenters. The molecule has 0 aliphatic heterocycles. The second-order valence-corrected chi connectivity index (χ2v) is 6.64. The molecule has 1 nitrogen and oxygen atoms in total. The van der Waals surface area contributed by atoms with Crippen molar-refractivity contribution in [3.63, 3.8) is 0 Å². The standard InChI is InChI=1S/C15H21Cl2N/c1-11-4-6-15(10-18,7-5-11)9-12-2-3-13(16)8-14(12)17/h2-3,8,11H,4-7,9-10,18H2,1H3. The molecule has 18 heavy (non-hydrogen) atoms. The topological polar surface area (TPSA) is 26.0 Å². The van der Waals surface area contributed by atoms with Gasteiger partial charge in [0.05, 0.1) is 0 Å². The minimum atomic E-state index is 0.240. The molecule has 1 aromatic rings. The average molecular weight is 286 g/mol. The maximum atomic E-state index is 6.27. The Hall–Kier alpha value is -0.240. The zero-order valence-electron chi connectivity index (χ0n) is 10.9. The van der Waals surface area contributed by atoms with Crippen LogP contribution in [0.1, 0.15) is 38.2 Å². The summed E-state index contributed by atoms with van der Waals surface area (Å²) in [6.07, 6.45) is 5.96. The van der Waals surface area contributed by atoms with Gasteiger partial charge in [0.25, 0.3) is 0 Å². The Bertz CT molecular complexity index is 409. The SMILES string of the molecule is CC1CCC(CN)(Cc2ccc(Cl)cc2Cl)CC1. The van der Waals surface area contributed by atoms with Crippen molar-refractivity contribution in [2.24, 2.45) is 17.1 Å². The summed E-state index contributed by atoms with van der Waals surface area (Å²) in [6, 6.07) is 5.78. The van der Waals surface area contributed by atoms with Gasteiger partial charge in [0.2, 0.25) is 0 Å². The largest absolute Gasteiger partial charge is 0.330 e. The van der Waals surface area contributed by atoms with Crippen LogP contribution in [0.5, 0.6) is 0 Å². The quantitative estimate of drug-likeness (QED) is 0.857. The summed E-state index contributed by atoms with van der Waals surface area (Å²) in [7, 11) is 0. The van der Waals surface area contributed by atoms with Gasteiger partial charge in [0.15, 0.2) is 0 Å². The van der Waals surface area contributed by atoms with Crippen molar-refractivity contribution in [3.05, 3.63) is 33.8 Å². The van der Waals surface area contributed by atoms with Crippen LogP contribution < -0.4 is 5.73 Å². The molecule has 0 radical (unpaired) electrons. The zero-order valence-corrected chi connectivity index (χ0v) is 12.4. The van der Waals surface area contributed by atoms with Gasteiger partial charge in [-0.3, -0.25) is 0 Å². The molecule has 0 amide bonds. The Balaban J connectivity index is 2.15. The van der Waals surface area contributed by atoms with Gasteiger partial charge in [-0.25, -0.2) is 0 Å². The first kappa shape index (κ1) is 14.2. The van der Waals surface area contributed by atoms with Crippen LogP contribution in [0, 0.1) is 11.3 Å². The Kier molecular flexibility index (Phi) is 4.58. The highest BCUT2D eigenvalue weighted by Gasteiger charge is 2.33. The molecular weight excluding hydrogens is 265 g/mol. The Labute approximate surface area is 120 Å². The fourth-order valence-electron chi connectivity index (χ4n) is 2.90. The Morgan fingerprint density at radius 3 is 2.50 bits per heavy atom. The van der Waals surface area contributed by atoms with Gasteiger partial charge >= 0.3 is 0 Å². The first-order valence-corrected chi connectivity index (χ1v) is 7.44. The van der Waals surface area contributed by atoms with Crippen molar-refractivity contribution < 1.29 is 0 Å². The molecule has 0 heterocycles. The van der Waals surface area contributed by atoms with E-state index < -0.39 is 0 Å². The number of rotatable bonds is 3. The lowest BCUT2D eigenvalue weighted by Gasteiger charge is -2.39. The molecule has 1 aliphatic rings. The third-order valence-electron chi connectivity index (χ3n) is 4.35. The molecule has 1 fully saturated rings. The summed E-state index contributed by atoms with van der Waals surface area (Å²) in [5.41, 5.74) is 7.46. The number of benzene rings is 1. The minimum Gasteiger partial charge on any atom is -0.330 e. The van der Waals surface area contributed by atoms with Gasteiger partial charge < -0.3 is 5.73 Å². The lowest BCUT2D eigenvalue weighted by Crippen LogP contribution is -2.36. The molecule has 0 saturated heterocycles. The highest BCUT2D eigenvalue weighted by atomic mass is 35.5. The third-order valence-corrected chi connectivity index (χ3v) is 4.94. The predicted molar refractivity (Wildman–Crippen MR) is 79.3 cm³/mol. The second-order valence-electron chi connectivity index (χ2n) is 5.80. The number of nitrogens with two attached hydrogens (primary N) is 1. The van der Waals surface area contributed by atoms with E-state index in [1.807, 2.05) is 18.2 Å². The van der Waals surface area contributed by atoms with Crippen molar-refractivity contribution >= 4 is 23.2 Å². The molecule has 2 N–H and O–H groups in total. The van der Waals surface area contributed by atoms with Crippen LogP contribution in [-0.4, -0.2) is 6.54 Å². The first-order valence-electron chi connectivity index (χ1n) is 6.69. The molecule has 1 aliphatic carbocycles. The van der Waals surface area contributed by atoms with E-state index in [1.54, 1.807) is 0 Å². The molecular formula is C15H21Cl2N. The van der Waals surface area contributed by atoms with Crippen LogP contribution in [0.3, 0.4) is 0 Å². The lowest BCUT2D eigenvalue weighted by molar-refractivity contribution is 0.163. The first-order chi connectivity index (χ1) is 8.54. The van der Waals surface area contributed by atoms with Crippen LogP contribution in [0.15, 0.2) is 18.2 Å². The monoisotopic (exact) mass is 285 g/mol. The van der Waals surface area contributed by atoms with Crippen LogP contribution >= 0.6 is 23.2 Å². The molecule has 0 bridgehead atoms. The summed E-state index contributed by atoms with van der Waals surface area (Å²) in [5, 5.41) is 1.47. The van der Waals surface area contributed by atoms with E-state index >= 15 is 0 Å². The van der Waals surface area contributed by atoms with E-state index in [0.29, 0.717) is 5.02 Å². The number of hydrogen-bond acceptors (Lipinski definition) is 1. The molecule has 3 heteroatoms. The highest BCUT2D eigenvalue weighted by molar-refractivity contribution is 6.35. The van der Waals surface area contributed by atoms with Gasteiger partial charge in [-0.15, -0.1) is 0 Å². The van der Waals surface area contributed by atoms with E-state index in [4.69, 9.17) is 28.9 Å². The van der Waals surface area contributed by atoms with E-state index in [-0.39, 0.29) is 5.41 Å². The molecule has 100 valence electrons. The maximum absolute atomic E-state index is 6.27. The maximum Gasteiger partial charge on any atom is 0.0453 e. The Morgan fingerprint density at radius 2 is 1.94 bits per heavy atom. The van der Waals surface area contributed by atoms with Crippen molar-refractivity contribution in [1.82, 2.24) is 0 Å². The number of hydrogen-bond donors (Lipinski definition) is 1. The summed E-state index contributed by atoms with van der Waals surface area (Å²) >= 11 is 12.2. The summed E-state index contributed by atoms with van der Waals surface area (Å²) < 4.78 is 0. The van der Waals surface area contributed by atoms with Gasteiger partial charge in [-0.05, 0) is 54.8 Å². The molecule has 0 aromatic heterocycles. The molecule has 2 rings (SSSR count). The van der Waals surface area contributed by atoms with Crippen molar-refractivity contribution in [2.45, 2.75) is 39.0 Å². The smallest absolute Gasteiger partial charge is 0.0453 e. The number of halogens is 2. The van der Waals surface area contributed by atoms with Gasteiger partial charge in [0, 0.05) is 10.0 Å². The van der Waals surface area contributed by atoms with E-state index in [9.17, 15) is 0 Å². The van der Waals surface area contributed by atoms with Crippen molar-refractivity contribution in [3.8, 4) is 0 Å². The fraction of sp³-hybridized carbons (Fsp3) is 0.600. The predicted octanol–water partition coefficient (Wildman–Crippen LogP) is 4.69. The van der Waals surface area contributed by atoms with Crippen LogP contribution in [0.2, 0.25) is 10.0 Å². The van der Waals surface area contributed by atoms with Gasteiger partial charge in [-0.1, -0.05) is 49.0 Å². The van der Waals surface area contributed by atoms with Crippen LogP contribution in [0.4, 0.5) is 0 Å². The normalized spacial score (nSPS) is 28.3. The summed E-state index contributed by atoms with van der Waals surface area (Å²) in [4.78, 5) is 0. The van der Waals surface area contributed by atoms with E-state index in [1.165, 1.54) is 31.2 Å². The summed E-state index contributed by atoms with van der Waals surface area (Å²) in [6.45, 7) is 3.08. The van der Waals surface area contributed by atoms with Crippen LogP contribution in [0.25, 0.3) is 0 Å². The van der Waals surface area contributed by atoms with E-state index in [0.717, 1.165) is 23.9 Å². The van der Waals surface area contributed by atoms with Crippen molar-refractivity contribution in [1.29, 1.82) is 0 Å². The zero-order chi connectivity index (χ0) is 13.2. The van der Waals surface area contributed by atoms with E-state index in [2.05, 4.69) is 6.92 Å². The van der Waals surface area contributed by atoms with Gasteiger partial charge in [-0.2, -0.15) is 0 Å². The van der Waals surface area contributed by atoms with Crippen LogP contribution in [-0.2, 0) is 6.42 Å². The third kappa shape index (κ3) is 3.20. The molecule has 0 spiro atoms. The molecule has 1 saturated carbocycles. The summed E-state index contributed by atoms with van der Waals surface area (Å²) in [5.74, 6) is 0.838. The average Bonchev–Trinajstić information content (AvgIpc) is 2.36. The minimum absolute atomic E-state index is 0.240. The Morgan fingerprint density at radius 1 is 1.28 bits per heavy atom. The van der Waals surface area contributed by atoms with Gasteiger partial charge in [0.1, 0.15) is 0 Å². The molecule has 0 atom stereocenters.